The van der Waals surface area contributed by atoms with Crippen molar-refractivity contribution in [1.82, 2.24) is 5.32 Å². The minimum atomic E-state index is -1.19. The third kappa shape index (κ3) is 4.75. The van der Waals surface area contributed by atoms with Crippen LogP contribution in [0.25, 0.3) is 0 Å². The molecule has 6 nitrogen and oxygen atoms in total. The molecule has 0 radical (unpaired) electrons. The first-order valence-electron chi connectivity index (χ1n) is 8.27. The summed E-state index contributed by atoms with van der Waals surface area (Å²) < 4.78 is 0. The fourth-order valence-corrected chi connectivity index (χ4v) is 4.02. The van der Waals surface area contributed by atoms with Crippen molar-refractivity contribution in [3.05, 3.63) is 29.3 Å². The van der Waals surface area contributed by atoms with Gasteiger partial charge in [-0.1, -0.05) is 13.8 Å². The van der Waals surface area contributed by atoms with Crippen LogP contribution in [-0.4, -0.2) is 39.9 Å². The number of carboxylic acid groups (broad SMARTS) is 1. The highest BCUT2D eigenvalue weighted by Gasteiger charge is 2.43. The zero-order chi connectivity index (χ0) is 18.6. The van der Waals surface area contributed by atoms with E-state index in [2.05, 4.69) is 10.6 Å². The number of thioether (sulfide) groups is 1. The van der Waals surface area contributed by atoms with Crippen molar-refractivity contribution in [3.63, 3.8) is 0 Å². The quantitative estimate of drug-likeness (QED) is 0.721. The maximum Gasteiger partial charge on any atom is 0.330 e. The average Bonchev–Trinajstić information content (AvgIpc) is 2.98. The standard InChI is InChI=1S/C18H24N2O4S/c1-11(2)8-15(21)19-14-5-4-13(9-12(14)3)16(22)20-18(17(23)24)6-7-25-10-18/h4-5,9,11H,6-8,10H2,1-3H3,(H,19,21)(H,20,22)(H,23,24). The van der Waals surface area contributed by atoms with E-state index in [1.165, 1.54) is 11.8 Å². The highest BCUT2D eigenvalue weighted by atomic mass is 32.2. The van der Waals surface area contributed by atoms with E-state index in [-0.39, 0.29) is 11.8 Å². The maximum absolute atomic E-state index is 12.5. The van der Waals surface area contributed by atoms with Crippen molar-refractivity contribution < 1.29 is 19.5 Å². The number of nitrogens with one attached hydrogen (secondary N) is 2. The number of hydrogen-bond donors (Lipinski definition) is 3. The lowest BCUT2D eigenvalue weighted by Gasteiger charge is -2.24. The summed E-state index contributed by atoms with van der Waals surface area (Å²) in [5, 5.41) is 15.0. The molecule has 1 saturated heterocycles. The molecule has 2 amide bonds. The molecule has 1 aromatic rings. The normalized spacial score (nSPS) is 19.7. The van der Waals surface area contributed by atoms with Gasteiger partial charge in [-0.15, -0.1) is 0 Å². The average molecular weight is 364 g/mol. The zero-order valence-corrected chi connectivity index (χ0v) is 15.5. The number of carbonyl (C=O) groups is 3. The molecule has 2 rings (SSSR count). The van der Waals surface area contributed by atoms with Gasteiger partial charge in [0.05, 0.1) is 0 Å². The van der Waals surface area contributed by atoms with Gasteiger partial charge in [0.15, 0.2) is 0 Å². The van der Waals surface area contributed by atoms with Crippen LogP contribution in [0.4, 0.5) is 5.69 Å². The number of amides is 2. The Bertz CT molecular complexity index is 682. The van der Waals surface area contributed by atoms with Crippen LogP contribution in [0.5, 0.6) is 0 Å². The summed E-state index contributed by atoms with van der Waals surface area (Å²) in [6, 6.07) is 4.95. The van der Waals surface area contributed by atoms with E-state index in [9.17, 15) is 19.5 Å². The van der Waals surface area contributed by atoms with Crippen molar-refractivity contribution in [2.45, 2.75) is 39.2 Å². The van der Waals surface area contributed by atoms with Gasteiger partial charge in [-0.05, 0) is 48.8 Å². The molecule has 0 aromatic heterocycles. The van der Waals surface area contributed by atoms with Gasteiger partial charge >= 0.3 is 5.97 Å². The van der Waals surface area contributed by atoms with Gasteiger partial charge < -0.3 is 15.7 Å². The molecule has 136 valence electrons. The van der Waals surface area contributed by atoms with Crippen molar-refractivity contribution in [3.8, 4) is 0 Å². The summed E-state index contributed by atoms with van der Waals surface area (Å²) in [5.41, 5.74) is 0.609. The van der Waals surface area contributed by atoms with Gasteiger partial charge in [0.2, 0.25) is 5.91 Å². The lowest BCUT2D eigenvalue weighted by atomic mass is 9.98. The largest absolute Gasteiger partial charge is 0.479 e. The fraction of sp³-hybridized carbons (Fsp3) is 0.500. The van der Waals surface area contributed by atoms with Crippen LogP contribution in [-0.2, 0) is 9.59 Å². The van der Waals surface area contributed by atoms with Gasteiger partial charge in [-0.3, -0.25) is 9.59 Å². The number of aliphatic carboxylic acids is 1. The monoisotopic (exact) mass is 364 g/mol. The van der Waals surface area contributed by atoms with Gasteiger partial charge in [-0.25, -0.2) is 4.79 Å². The first-order valence-corrected chi connectivity index (χ1v) is 9.43. The van der Waals surface area contributed by atoms with E-state index in [1.54, 1.807) is 25.1 Å². The number of benzene rings is 1. The molecule has 3 N–H and O–H groups in total. The van der Waals surface area contributed by atoms with Crippen molar-refractivity contribution in [2.24, 2.45) is 5.92 Å². The second kappa shape index (κ2) is 7.91. The number of carbonyl (C=O) groups excluding carboxylic acids is 2. The highest BCUT2D eigenvalue weighted by molar-refractivity contribution is 7.99. The summed E-state index contributed by atoms with van der Waals surface area (Å²) in [6.07, 6.45) is 0.849. The second-order valence-electron chi connectivity index (χ2n) is 6.82. The third-order valence-corrected chi connectivity index (χ3v) is 5.33. The van der Waals surface area contributed by atoms with Gasteiger partial charge in [-0.2, -0.15) is 11.8 Å². The van der Waals surface area contributed by atoms with E-state index in [0.717, 1.165) is 5.56 Å². The molecular formula is C18H24N2O4S. The van der Waals surface area contributed by atoms with Crippen LogP contribution < -0.4 is 10.6 Å². The molecule has 7 heteroatoms. The Morgan fingerprint density at radius 2 is 2.04 bits per heavy atom. The minimum Gasteiger partial charge on any atom is -0.479 e. The van der Waals surface area contributed by atoms with E-state index in [1.807, 2.05) is 13.8 Å². The van der Waals surface area contributed by atoms with Crippen LogP contribution in [0.15, 0.2) is 18.2 Å². The molecule has 1 heterocycles. The Kier molecular flexibility index (Phi) is 6.11. The topological polar surface area (TPSA) is 95.5 Å². The van der Waals surface area contributed by atoms with Gasteiger partial charge in [0.25, 0.3) is 5.91 Å². The Morgan fingerprint density at radius 3 is 2.56 bits per heavy atom. The van der Waals surface area contributed by atoms with Gasteiger partial charge in [0.1, 0.15) is 5.54 Å². The van der Waals surface area contributed by atoms with Crippen LogP contribution in [0.2, 0.25) is 0 Å². The molecule has 0 bridgehead atoms. The summed E-state index contributed by atoms with van der Waals surface area (Å²) >= 11 is 1.52. The second-order valence-corrected chi connectivity index (χ2v) is 7.92. The lowest BCUT2D eigenvalue weighted by molar-refractivity contribution is -0.143. The molecule has 25 heavy (non-hydrogen) atoms. The Morgan fingerprint density at radius 1 is 1.32 bits per heavy atom. The van der Waals surface area contributed by atoms with E-state index < -0.39 is 17.4 Å². The SMILES string of the molecule is Cc1cc(C(=O)NC2(C(=O)O)CCSC2)ccc1NC(=O)CC(C)C. The smallest absolute Gasteiger partial charge is 0.330 e. The summed E-state index contributed by atoms with van der Waals surface area (Å²) in [5.74, 6) is -0.124. The molecule has 0 saturated carbocycles. The minimum absolute atomic E-state index is 0.0666. The first-order chi connectivity index (χ1) is 11.7. The summed E-state index contributed by atoms with van der Waals surface area (Å²) in [4.78, 5) is 35.9. The number of carboxylic acids is 1. The van der Waals surface area contributed by atoms with Crippen LogP contribution >= 0.6 is 11.8 Å². The third-order valence-electron chi connectivity index (χ3n) is 4.14. The highest BCUT2D eigenvalue weighted by Crippen LogP contribution is 2.29. The molecule has 0 aliphatic carbocycles. The van der Waals surface area contributed by atoms with Crippen LogP contribution in [0.3, 0.4) is 0 Å². The predicted octanol–water partition coefficient (Wildman–Crippen LogP) is 2.67. The zero-order valence-electron chi connectivity index (χ0n) is 14.7. The van der Waals surface area contributed by atoms with Crippen molar-refractivity contribution in [2.75, 3.05) is 16.8 Å². The molecule has 1 aliphatic rings. The number of hydrogen-bond acceptors (Lipinski definition) is 4. The molecular weight excluding hydrogens is 340 g/mol. The van der Waals surface area contributed by atoms with Crippen LogP contribution in [0, 0.1) is 12.8 Å². The van der Waals surface area contributed by atoms with E-state index >= 15 is 0 Å². The van der Waals surface area contributed by atoms with Crippen molar-refractivity contribution in [1.29, 1.82) is 0 Å². The van der Waals surface area contributed by atoms with Gasteiger partial charge in [0, 0.05) is 23.4 Å². The molecule has 0 spiro atoms. The number of anilines is 1. The Hall–Kier alpha value is -2.02. The molecule has 1 atom stereocenters. The Labute approximate surface area is 151 Å². The fourth-order valence-electron chi connectivity index (χ4n) is 2.69. The maximum atomic E-state index is 12.5. The summed E-state index contributed by atoms with van der Waals surface area (Å²) in [6.45, 7) is 5.75. The molecule has 1 unspecified atom stereocenters. The number of aryl methyl sites for hydroxylation is 1. The predicted molar refractivity (Wildman–Crippen MR) is 99.0 cm³/mol. The lowest BCUT2D eigenvalue weighted by Crippen LogP contribution is -2.54. The number of rotatable bonds is 6. The molecule has 1 fully saturated rings. The van der Waals surface area contributed by atoms with E-state index in [4.69, 9.17) is 0 Å². The van der Waals surface area contributed by atoms with Crippen LogP contribution in [0.1, 0.15) is 42.6 Å². The van der Waals surface area contributed by atoms with E-state index in [0.29, 0.717) is 35.6 Å². The first kappa shape index (κ1) is 19.3. The Balaban J connectivity index is 2.10. The molecule has 1 aromatic carbocycles. The summed E-state index contributed by atoms with van der Waals surface area (Å²) in [7, 11) is 0. The van der Waals surface area contributed by atoms with Crippen molar-refractivity contribution >= 4 is 35.2 Å². The molecule has 1 aliphatic heterocycles.